The van der Waals surface area contributed by atoms with Gasteiger partial charge in [-0.1, -0.05) is 0 Å². The van der Waals surface area contributed by atoms with Gasteiger partial charge in [-0.05, 0) is 31.7 Å². The number of rotatable bonds is 7. The van der Waals surface area contributed by atoms with E-state index in [1.807, 2.05) is 0 Å². The summed E-state index contributed by atoms with van der Waals surface area (Å²) >= 11 is 0. The van der Waals surface area contributed by atoms with Gasteiger partial charge in [-0.25, -0.2) is 0 Å². The molecule has 2 rings (SSSR count). The fourth-order valence-corrected chi connectivity index (χ4v) is 2.42. The second kappa shape index (κ2) is 8.10. The lowest BCUT2D eigenvalue weighted by molar-refractivity contribution is 0.144. The molecule has 1 heterocycles. The van der Waals surface area contributed by atoms with Crippen molar-refractivity contribution in [2.45, 2.75) is 6.42 Å². The van der Waals surface area contributed by atoms with E-state index in [4.69, 9.17) is 14.2 Å². The molecule has 0 aliphatic carbocycles. The molecule has 0 saturated carbocycles. The van der Waals surface area contributed by atoms with Crippen molar-refractivity contribution in [3.63, 3.8) is 0 Å². The highest BCUT2D eigenvalue weighted by molar-refractivity contribution is 5.50. The molecule has 0 N–H and O–H groups in total. The van der Waals surface area contributed by atoms with Crippen molar-refractivity contribution in [1.82, 2.24) is 9.80 Å². The highest BCUT2D eigenvalue weighted by Crippen LogP contribution is 2.36. The smallest absolute Gasteiger partial charge is 0.203 e. The SMILES string of the molecule is COc1c[c]cc(OC)c1OCCCN1CCN(C)CC1. The number of likely N-dealkylation sites (N-methyl/N-ethyl adjacent to an activating group) is 1. The van der Waals surface area contributed by atoms with Gasteiger partial charge in [0.15, 0.2) is 11.5 Å². The van der Waals surface area contributed by atoms with Crippen molar-refractivity contribution in [3.05, 3.63) is 18.2 Å². The quantitative estimate of drug-likeness (QED) is 0.712. The maximum Gasteiger partial charge on any atom is 0.203 e. The molecule has 1 aromatic carbocycles. The van der Waals surface area contributed by atoms with Gasteiger partial charge in [0.1, 0.15) is 0 Å². The van der Waals surface area contributed by atoms with Gasteiger partial charge in [0.2, 0.25) is 5.75 Å². The summed E-state index contributed by atoms with van der Waals surface area (Å²) in [6.45, 7) is 6.31. The maximum atomic E-state index is 5.86. The third-order valence-corrected chi connectivity index (χ3v) is 3.78. The number of benzene rings is 1. The lowest BCUT2D eigenvalue weighted by Gasteiger charge is -2.32. The Morgan fingerprint density at radius 1 is 1.05 bits per heavy atom. The van der Waals surface area contributed by atoms with Crippen molar-refractivity contribution in [2.24, 2.45) is 0 Å². The summed E-state index contributed by atoms with van der Waals surface area (Å²) in [7, 11) is 5.42. The van der Waals surface area contributed by atoms with Crippen LogP contribution in [0, 0.1) is 6.07 Å². The molecule has 0 bridgehead atoms. The molecule has 0 unspecified atom stereocenters. The number of ether oxygens (including phenoxy) is 3. The lowest BCUT2D eigenvalue weighted by Crippen LogP contribution is -2.44. The zero-order chi connectivity index (χ0) is 15.1. The second-order valence-electron chi connectivity index (χ2n) is 5.27. The fraction of sp³-hybridized carbons (Fsp3) is 0.625. The Labute approximate surface area is 127 Å². The maximum absolute atomic E-state index is 5.86. The molecule has 5 nitrogen and oxygen atoms in total. The Morgan fingerprint density at radius 3 is 2.24 bits per heavy atom. The molecule has 1 radical (unpaired) electrons. The van der Waals surface area contributed by atoms with Crippen molar-refractivity contribution >= 4 is 0 Å². The molecule has 1 saturated heterocycles. The normalized spacial score (nSPS) is 16.7. The van der Waals surface area contributed by atoms with E-state index in [2.05, 4.69) is 22.9 Å². The molecule has 1 aliphatic rings. The van der Waals surface area contributed by atoms with Crippen LogP contribution in [0.1, 0.15) is 6.42 Å². The van der Waals surface area contributed by atoms with Gasteiger partial charge < -0.3 is 24.0 Å². The Kier molecular flexibility index (Phi) is 6.14. The summed E-state index contributed by atoms with van der Waals surface area (Å²) in [5, 5.41) is 0. The Morgan fingerprint density at radius 2 is 1.67 bits per heavy atom. The summed E-state index contributed by atoms with van der Waals surface area (Å²) in [4.78, 5) is 4.85. The molecule has 0 amide bonds. The first-order valence-corrected chi connectivity index (χ1v) is 7.40. The molecule has 0 aromatic heterocycles. The highest BCUT2D eigenvalue weighted by atomic mass is 16.5. The molecule has 21 heavy (non-hydrogen) atoms. The summed E-state index contributed by atoms with van der Waals surface area (Å²) in [5.41, 5.74) is 0. The van der Waals surface area contributed by atoms with Crippen molar-refractivity contribution in [2.75, 3.05) is 60.6 Å². The lowest BCUT2D eigenvalue weighted by atomic mass is 10.3. The van der Waals surface area contributed by atoms with Gasteiger partial charge >= 0.3 is 0 Å². The molecule has 117 valence electrons. The second-order valence-corrected chi connectivity index (χ2v) is 5.27. The molecule has 0 atom stereocenters. The Hall–Kier alpha value is -1.46. The minimum Gasteiger partial charge on any atom is -0.493 e. The van der Waals surface area contributed by atoms with E-state index in [9.17, 15) is 0 Å². The van der Waals surface area contributed by atoms with Gasteiger partial charge in [-0.15, -0.1) is 0 Å². The largest absolute Gasteiger partial charge is 0.493 e. The van der Waals surface area contributed by atoms with Crippen LogP contribution in [-0.4, -0.2) is 70.4 Å². The molecule has 0 spiro atoms. The van der Waals surface area contributed by atoms with Gasteiger partial charge in [0.05, 0.1) is 20.8 Å². The average Bonchev–Trinajstić information content (AvgIpc) is 2.53. The summed E-state index contributed by atoms with van der Waals surface area (Å²) in [5.74, 6) is 1.99. The zero-order valence-electron chi connectivity index (χ0n) is 13.2. The Balaban J connectivity index is 1.78. The minimum absolute atomic E-state index is 0.656. The summed E-state index contributed by atoms with van der Waals surface area (Å²) < 4.78 is 16.4. The van der Waals surface area contributed by atoms with Gasteiger partial charge in [0.25, 0.3) is 0 Å². The van der Waals surface area contributed by atoms with Crippen LogP contribution in [0.25, 0.3) is 0 Å². The highest BCUT2D eigenvalue weighted by Gasteiger charge is 2.14. The van der Waals surface area contributed by atoms with Crippen LogP contribution in [0.3, 0.4) is 0 Å². The van der Waals surface area contributed by atoms with E-state index < -0.39 is 0 Å². The molecular weight excluding hydrogens is 268 g/mol. The number of nitrogens with zero attached hydrogens (tertiary/aromatic N) is 2. The van der Waals surface area contributed by atoms with E-state index in [1.165, 1.54) is 0 Å². The monoisotopic (exact) mass is 293 g/mol. The molecule has 1 aliphatic heterocycles. The molecule has 5 heteroatoms. The van der Waals surface area contributed by atoms with E-state index in [0.29, 0.717) is 23.9 Å². The van der Waals surface area contributed by atoms with Gasteiger partial charge in [0, 0.05) is 32.7 Å². The van der Waals surface area contributed by atoms with Gasteiger partial charge in [-0.3, -0.25) is 0 Å². The number of piperazine rings is 1. The fourth-order valence-electron chi connectivity index (χ4n) is 2.42. The number of hydrogen-bond donors (Lipinski definition) is 0. The van der Waals surface area contributed by atoms with E-state index in [0.717, 1.165) is 39.1 Å². The first-order chi connectivity index (χ1) is 10.2. The summed E-state index contributed by atoms with van der Waals surface area (Å²) in [6.07, 6.45) is 0.995. The van der Waals surface area contributed by atoms with Gasteiger partial charge in [-0.2, -0.15) is 0 Å². The van der Waals surface area contributed by atoms with E-state index in [-0.39, 0.29) is 0 Å². The zero-order valence-corrected chi connectivity index (χ0v) is 13.2. The minimum atomic E-state index is 0.656. The van der Waals surface area contributed by atoms with Crippen LogP contribution in [0.4, 0.5) is 0 Å². The van der Waals surface area contributed by atoms with Crippen LogP contribution >= 0.6 is 0 Å². The van der Waals surface area contributed by atoms with Crippen molar-refractivity contribution in [1.29, 1.82) is 0 Å². The molecule has 1 aromatic rings. The van der Waals surface area contributed by atoms with E-state index >= 15 is 0 Å². The van der Waals surface area contributed by atoms with Crippen LogP contribution < -0.4 is 14.2 Å². The number of methoxy groups -OCH3 is 2. The molecule has 1 fully saturated rings. The van der Waals surface area contributed by atoms with Crippen molar-refractivity contribution in [3.8, 4) is 17.2 Å². The third kappa shape index (κ3) is 4.51. The Bertz CT molecular complexity index is 409. The topological polar surface area (TPSA) is 34.2 Å². The predicted octanol–water partition coefficient (Wildman–Crippen LogP) is 1.52. The molecular formula is C16H25N2O3. The predicted molar refractivity (Wildman–Crippen MR) is 82.4 cm³/mol. The first-order valence-electron chi connectivity index (χ1n) is 7.40. The standard InChI is InChI=1S/C16H25N2O3/c1-17-9-11-18(12-10-17)8-5-13-21-16-14(19-2)6-4-7-15(16)20-3/h6-7H,5,8-13H2,1-3H3. The van der Waals surface area contributed by atoms with Crippen molar-refractivity contribution < 1.29 is 14.2 Å². The van der Waals surface area contributed by atoms with E-state index in [1.54, 1.807) is 26.4 Å². The van der Waals surface area contributed by atoms with Crippen LogP contribution in [0.15, 0.2) is 12.1 Å². The van der Waals surface area contributed by atoms with Crippen LogP contribution in [-0.2, 0) is 0 Å². The third-order valence-electron chi connectivity index (χ3n) is 3.78. The first kappa shape index (κ1) is 15.9. The van der Waals surface area contributed by atoms with Crippen LogP contribution in [0.5, 0.6) is 17.2 Å². The average molecular weight is 293 g/mol. The summed E-state index contributed by atoms with van der Waals surface area (Å²) in [6, 6.07) is 6.50. The number of hydrogen-bond acceptors (Lipinski definition) is 5. The van der Waals surface area contributed by atoms with Crippen LogP contribution in [0.2, 0.25) is 0 Å².